The summed E-state index contributed by atoms with van der Waals surface area (Å²) in [6.45, 7) is 13.3. The zero-order valence-electron chi connectivity index (χ0n) is 20.3. The Bertz CT molecular complexity index is 1150. The molecule has 0 aliphatic heterocycles. The van der Waals surface area contributed by atoms with Crippen molar-refractivity contribution in [3.05, 3.63) is 48.6 Å². The smallest absolute Gasteiger partial charge is 0.408 e. The summed E-state index contributed by atoms with van der Waals surface area (Å²) in [5.74, 6) is 2.49. The third kappa shape index (κ3) is 6.16. The lowest BCUT2D eigenvalue weighted by molar-refractivity contribution is 0.0465. The maximum atomic E-state index is 12.2. The summed E-state index contributed by atoms with van der Waals surface area (Å²) in [6.07, 6.45) is 1.22. The first-order valence-corrected chi connectivity index (χ1v) is 11.7. The molecule has 182 valence electrons. The van der Waals surface area contributed by atoms with E-state index in [1.54, 1.807) is 47.8 Å². The molecule has 0 radical (unpaired) electrons. The molecule has 0 saturated heterocycles. The molecule has 2 heterocycles. The number of hydrogen-bond acceptors (Lipinski definition) is 9. The molecule has 0 unspecified atom stereocenters. The van der Waals surface area contributed by atoms with Crippen molar-refractivity contribution >= 4 is 17.9 Å². The van der Waals surface area contributed by atoms with Crippen LogP contribution in [-0.2, 0) is 22.6 Å². The van der Waals surface area contributed by atoms with Crippen LogP contribution in [0.25, 0.3) is 11.4 Å². The number of rotatable bonds is 9. The number of thioether (sulfide) groups is 1. The molecule has 2 aromatic heterocycles. The second-order valence-corrected chi connectivity index (χ2v) is 9.90. The molecular formula is C23H30N6O4S. The minimum Gasteiger partial charge on any atom is -0.496 e. The molecule has 1 N–H and O–H groups in total. The number of nitrogens with one attached hydrogen (secondary N) is 1. The summed E-state index contributed by atoms with van der Waals surface area (Å²) in [5, 5.41) is 16.2. The van der Waals surface area contributed by atoms with Gasteiger partial charge in [-0.05, 0) is 46.8 Å². The molecule has 1 aromatic carbocycles. The topological polar surface area (TPSA) is 117 Å². The van der Waals surface area contributed by atoms with Crippen LogP contribution in [-0.4, -0.2) is 43.7 Å². The largest absolute Gasteiger partial charge is 0.496 e. The Morgan fingerprint density at radius 2 is 1.97 bits per heavy atom. The van der Waals surface area contributed by atoms with E-state index in [1.165, 1.54) is 11.8 Å². The van der Waals surface area contributed by atoms with Gasteiger partial charge in [0.1, 0.15) is 16.9 Å². The van der Waals surface area contributed by atoms with Gasteiger partial charge in [0.2, 0.25) is 5.89 Å². The highest BCUT2D eigenvalue weighted by Crippen LogP contribution is 2.32. The van der Waals surface area contributed by atoms with Gasteiger partial charge in [-0.15, -0.1) is 16.8 Å². The number of carbonyl (C=O) groups is 1. The summed E-state index contributed by atoms with van der Waals surface area (Å²) < 4.78 is 18.2. The molecule has 11 heteroatoms. The van der Waals surface area contributed by atoms with Crippen LogP contribution in [0, 0.1) is 0 Å². The highest BCUT2D eigenvalue weighted by atomic mass is 32.2. The molecule has 0 aliphatic rings. The molecule has 10 nitrogen and oxygen atoms in total. The molecule has 0 spiro atoms. The summed E-state index contributed by atoms with van der Waals surface area (Å²) in [4.78, 5) is 16.6. The Morgan fingerprint density at radius 1 is 1.24 bits per heavy atom. The van der Waals surface area contributed by atoms with Gasteiger partial charge in [0.15, 0.2) is 16.8 Å². The number of ether oxygens (including phenoxy) is 2. The van der Waals surface area contributed by atoms with Gasteiger partial charge < -0.3 is 19.3 Å². The van der Waals surface area contributed by atoms with E-state index in [1.807, 2.05) is 28.8 Å². The molecule has 0 atom stereocenters. The van der Waals surface area contributed by atoms with Crippen LogP contribution in [0.15, 0.2) is 46.6 Å². The van der Waals surface area contributed by atoms with Gasteiger partial charge in [0.25, 0.3) is 0 Å². The standard InChI is InChI=1S/C23H30N6O4S/c1-8-13-29-18(15-11-9-10-12-16(15)31-7)26-27-20(29)34-14-17-24-19(28-33-17)23(5,6)25-21(30)32-22(2,3)4/h8-12H,1,13-14H2,2-7H3,(H,25,30). The average Bonchev–Trinajstić information content (AvgIpc) is 3.38. The van der Waals surface area contributed by atoms with Crippen LogP contribution in [0.3, 0.4) is 0 Å². The molecule has 0 bridgehead atoms. The van der Waals surface area contributed by atoms with E-state index < -0.39 is 17.2 Å². The SMILES string of the molecule is C=CCn1c(SCc2nc(C(C)(C)NC(=O)OC(C)(C)C)no2)nnc1-c1ccccc1OC. The highest BCUT2D eigenvalue weighted by Gasteiger charge is 2.31. The van der Waals surface area contributed by atoms with Crippen molar-refractivity contribution in [2.45, 2.75) is 63.2 Å². The lowest BCUT2D eigenvalue weighted by Crippen LogP contribution is -2.44. The fraction of sp³-hybridized carbons (Fsp3) is 0.435. The summed E-state index contributed by atoms with van der Waals surface area (Å²) in [6, 6.07) is 7.63. The predicted molar refractivity (Wildman–Crippen MR) is 128 cm³/mol. The minimum absolute atomic E-state index is 0.344. The Kier molecular flexibility index (Phi) is 7.65. The molecule has 3 rings (SSSR count). The first-order chi connectivity index (χ1) is 16.0. The highest BCUT2D eigenvalue weighted by molar-refractivity contribution is 7.98. The van der Waals surface area contributed by atoms with Crippen molar-refractivity contribution in [3.63, 3.8) is 0 Å². The van der Waals surface area contributed by atoms with Crippen molar-refractivity contribution < 1.29 is 18.8 Å². The van der Waals surface area contributed by atoms with E-state index in [9.17, 15) is 4.79 Å². The fourth-order valence-corrected chi connectivity index (χ4v) is 3.81. The Morgan fingerprint density at radius 3 is 2.65 bits per heavy atom. The molecule has 34 heavy (non-hydrogen) atoms. The predicted octanol–water partition coefficient (Wildman–Crippen LogP) is 4.57. The van der Waals surface area contributed by atoms with E-state index in [-0.39, 0.29) is 0 Å². The third-order valence-corrected chi connectivity index (χ3v) is 5.49. The summed E-state index contributed by atoms with van der Waals surface area (Å²) in [7, 11) is 1.62. The van der Waals surface area contributed by atoms with Crippen LogP contribution in [0.5, 0.6) is 5.75 Å². The van der Waals surface area contributed by atoms with Gasteiger partial charge in [-0.3, -0.25) is 4.57 Å². The average molecular weight is 487 g/mol. The number of carbonyl (C=O) groups excluding carboxylic acids is 1. The third-order valence-electron chi connectivity index (χ3n) is 4.54. The van der Waals surface area contributed by atoms with E-state index in [0.717, 1.165) is 5.56 Å². The molecule has 0 aliphatic carbocycles. The van der Waals surface area contributed by atoms with Gasteiger partial charge in [0.05, 0.1) is 18.4 Å². The van der Waals surface area contributed by atoms with Crippen molar-refractivity contribution in [1.82, 2.24) is 30.2 Å². The Hall–Kier alpha value is -3.34. The van der Waals surface area contributed by atoms with Crippen molar-refractivity contribution in [1.29, 1.82) is 0 Å². The van der Waals surface area contributed by atoms with Gasteiger partial charge in [-0.1, -0.05) is 35.1 Å². The monoisotopic (exact) mass is 486 g/mol. The number of nitrogens with zero attached hydrogens (tertiary/aromatic N) is 5. The van der Waals surface area contributed by atoms with Gasteiger partial charge in [0, 0.05) is 6.54 Å². The molecule has 1 amide bonds. The number of benzene rings is 1. The zero-order valence-corrected chi connectivity index (χ0v) is 21.1. The number of allylic oxidation sites excluding steroid dienone is 1. The summed E-state index contributed by atoms with van der Waals surface area (Å²) in [5.41, 5.74) is -0.654. The van der Waals surface area contributed by atoms with Gasteiger partial charge in [-0.25, -0.2) is 4.79 Å². The second-order valence-electron chi connectivity index (χ2n) is 8.96. The lowest BCUT2D eigenvalue weighted by atomic mass is 10.1. The Labute approximate surface area is 203 Å². The van der Waals surface area contributed by atoms with E-state index >= 15 is 0 Å². The lowest BCUT2D eigenvalue weighted by Gasteiger charge is -2.26. The van der Waals surface area contributed by atoms with Crippen LogP contribution >= 0.6 is 11.8 Å². The first kappa shape index (κ1) is 25.3. The zero-order chi connectivity index (χ0) is 24.9. The van der Waals surface area contributed by atoms with Crippen LogP contribution in [0.4, 0.5) is 4.79 Å². The van der Waals surface area contributed by atoms with E-state index in [0.29, 0.717) is 40.7 Å². The van der Waals surface area contributed by atoms with Gasteiger partial charge in [-0.2, -0.15) is 4.98 Å². The normalized spacial score (nSPS) is 11.8. The minimum atomic E-state index is -0.880. The summed E-state index contributed by atoms with van der Waals surface area (Å²) >= 11 is 1.41. The molecule has 3 aromatic rings. The van der Waals surface area contributed by atoms with Crippen LogP contribution in [0.2, 0.25) is 0 Å². The number of para-hydroxylation sites is 1. The number of alkyl carbamates (subject to hydrolysis) is 1. The quantitative estimate of drug-likeness (QED) is 0.343. The Balaban J connectivity index is 1.74. The van der Waals surface area contributed by atoms with Crippen molar-refractivity contribution in [2.75, 3.05) is 7.11 Å². The molecule has 0 fully saturated rings. The van der Waals surface area contributed by atoms with Crippen LogP contribution in [0.1, 0.15) is 46.3 Å². The molecule has 0 saturated carbocycles. The maximum absolute atomic E-state index is 12.2. The number of aromatic nitrogens is 5. The van der Waals surface area contributed by atoms with Crippen LogP contribution < -0.4 is 10.1 Å². The number of amides is 1. The number of methoxy groups -OCH3 is 1. The van der Waals surface area contributed by atoms with E-state index in [2.05, 4.69) is 32.2 Å². The van der Waals surface area contributed by atoms with Crippen molar-refractivity contribution in [2.24, 2.45) is 0 Å². The first-order valence-electron chi connectivity index (χ1n) is 10.7. The second kappa shape index (κ2) is 10.3. The maximum Gasteiger partial charge on any atom is 0.408 e. The van der Waals surface area contributed by atoms with Crippen molar-refractivity contribution in [3.8, 4) is 17.1 Å². The molecular weight excluding hydrogens is 456 g/mol. The van der Waals surface area contributed by atoms with E-state index in [4.69, 9.17) is 14.0 Å². The fourth-order valence-electron chi connectivity index (χ4n) is 3.03. The number of hydrogen-bond donors (Lipinski definition) is 1. The van der Waals surface area contributed by atoms with Gasteiger partial charge >= 0.3 is 6.09 Å².